The van der Waals surface area contributed by atoms with E-state index >= 15 is 0 Å². The molecule has 0 spiro atoms. The third-order valence-corrected chi connectivity index (χ3v) is 2.94. The van der Waals surface area contributed by atoms with Crippen LogP contribution in [0.5, 0.6) is 0 Å². The summed E-state index contributed by atoms with van der Waals surface area (Å²) >= 11 is 3.29. The summed E-state index contributed by atoms with van der Waals surface area (Å²) in [5, 5.41) is 11.7. The monoisotopic (exact) mass is 316 g/mol. The molecule has 1 aromatic heterocycles. The highest BCUT2D eigenvalue weighted by Gasteiger charge is 2.12. The zero-order valence-corrected chi connectivity index (χ0v) is 11.3. The molecular formula is C13H9BrN4O. The maximum atomic E-state index is 12.1. The molecule has 1 amide bonds. The van der Waals surface area contributed by atoms with Crippen LogP contribution in [0.1, 0.15) is 15.9 Å². The molecule has 0 saturated carbocycles. The lowest BCUT2D eigenvalue weighted by Crippen LogP contribution is -2.15. The van der Waals surface area contributed by atoms with Gasteiger partial charge in [0.15, 0.2) is 0 Å². The Kier molecular flexibility index (Phi) is 3.78. The van der Waals surface area contributed by atoms with Crippen molar-refractivity contribution in [2.45, 2.75) is 0 Å². The number of nitrogens with one attached hydrogen (secondary N) is 1. The topological polar surface area (TPSA) is 91.8 Å². The minimum atomic E-state index is -0.380. The van der Waals surface area contributed by atoms with E-state index in [1.807, 2.05) is 6.07 Å². The lowest BCUT2D eigenvalue weighted by Gasteiger charge is -2.08. The first-order chi connectivity index (χ1) is 9.11. The van der Waals surface area contributed by atoms with Gasteiger partial charge in [0, 0.05) is 10.7 Å². The number of aromatic nitrogens is 1. The van der Waals surface area contributed by atoms with Gasteiger partial charge in [-0.15, -0.1) is 0 Å². The molecule has 0 radical (unpaired) electrons. The highest BCUT2D eigenvalue weighted by Crippen LogP contribution is 2.22. The van der Waals surface area contributed by atoms with Crippen LogP contribution < -0.4 is 11.1 Å². The van der Waals surface area contributed by atoms with Gasteiger partial charge in [-0.2, -0.15) is 5.26 Å². The largest absolute Gasteiger partial charge is 0.397 e. The lowest BCUT2D eigenvalue weighted by molar-refractivity contribution is 0.102. The number of pyridine rings is 1. The summed E-state index contributed by atoms with van der Waals surface area (Å²) in [5.74, 6) is -0.380. The van der Waals surface area contributed by atoms with Gasteiger partial charge in [-0.25, -0.2) is 0 Å². The van der Waals surface area contributed by atoms with E-state index in [0.717, 1.165) is 4.47 Å². The van der Waals surface area contributed by atoms with Crippen LogP contribution in [0.4, 0.5) is 11.4 Å². The Labute approximate surface area is 118 Å². The summed E-state index contributed by atoms with van der Waals surface area (Å²) in [5.41, 5.74) is 7.09. The predicted molar refractivity (Wildman–Crippen MR) is 75.5 cm³/mol. The molecule has 3 N–H and O–H groups in total. The number of rotatable bonds is 2. The van der Waals surface area contributed by atoms with Crippen LogP contribution in [-0.2, 0) is 0 Å². The fourth-order valence-electron chi connectivity index (χ4n) is 1.52. The molecule has 5 nitrogen and oxygen atoms in total. The minimum Gasteiger partial charge on any atom is -0.397 e. The number of nitrogens with two attached hydrogens (primary N) is 1. The third-order valence-electron chi connectivity index (χ3n) is 2.45. The van der Waals surface area contributed by atoms with Gasteiger partial charge in [0.05, 0.1) is 28.7 Å². The second-order valence-corrected chi connectivity index (χ2v) is 4.63. The number of anilines is 2. The van der Waals surface area contributed by atoms with Crippen molar-refractivity contribution in [2.24, 2.45) is 0 Å². The van der Waals surface area contributed by atoms with Crippen LogP contribution in [0.15, 0.2) is 41.1 Å². The summed E-state index contributed by atoms with van der Waals surface area (Å²) in [6.07, 6.45) is 2.89. The summed E-state index contributed by atoms with van der Waals surface area (Å²) in [7, 11) is 0. The van der Waals surface area contributed by atoms with Crippen molar-refractivity contribution in [1.82, 2.24) is 4.98 Å². The number of hydrogen-bond donors (Lipinski definition) is 2. The van der Waals surface area contributed by atoms with E-state index in [4.69, 9.17) is 11.0 Å². The van der Waals surface area contributed by atoms with Crippen LogP contribution in [0.2, 0.25) is 0 Å². The molecule has 0 bridgehead atoms. The molecule has 2 aromatic rings. The number of benzene rings is 1. The number of carbonyl (C=O) groups is 1. The number of amides is 1. The third kappa shape index (κ3) is 2.89. The molecule has 6 heteroatoms. The second kappa shape index (κ2) is 5.50. The van der Waals surface area contributed by atoms with Crippen molar-refractivity contribution in [3.05, 3.63) is 52.3 Å². The van der Waals surface area contributed by atoms with E-state index in [0.29, 0.717) is 16.8 Å². The molecular weight excluding hydrogens is 308 g/mol. The molecule has 94 valence electrons. The molecule has 1 heterocycles. The van der Waals surface area contributed by atoms with Crippen LogP contribution >= 0.6 is 15.9 Å². The standard InChI is InChI=1S/C13H9BrN4O/c14-9-2-1-8(6-15)12(5-9)18-13(19)10-3-4-17-7-11(10)16/h1-5,7H,16H2,(H,18,19). The highest BCUT2D eigenvalue weighted by molar-refractivity contribution is 9.10. The van der Waals surface area contributed by atoms with Crippen LogP contribution in [0.25, 0.3) is 0 Å². The Morgan fingerprint density at radius 3 is 2.89 bits per heavy atom. The fraction of sp³-hybridized carbons (Fsp3) is 0. The number of nitrogen functional groups attached to an aromatic ring is 1. The maximum absolute atomic E-state index is 12.1. The van der Waals surface area contributed by atoms with Crippen LogP contribution in [0.3, 0.4) is 0 Å². The highest BCUT2D eigenvalue weighted by atomic mass is 79.9. The first-order valence-corrected chi connectivity index (χ1v) is 6.11. The van der Waals surface area contributed by atoms with Crippen LogP contribution in [0, 0.1) is 11.3 Å². The molecule has 2 rings (SSSR count). The Bertz CT molecular complexity index is 679. The molecule has 0 aliphatic rings. The van der Waals surface area contributed by atoms with Crippen molar-refractivity contribution in [2.75, 3.05) is 11.1 Å². The van der Waals surface area contributed by atoms with Crippen molar-refractivity contribution >= 4 is 33.2 Å². The molecule has 19 heavy (non-hydrogen) atoms. The molecule has 0 fully saturated rings. The average Bonchev–Trinajstić information content (AvgIpc) is 2.39. The molecule has 0 saturated heterocycles. The maximum Gasteiger partial charge on any atom is 0.257 e. The van der Waals surface area contributed by atoms with Gasteiger partial charge in [-0.1, -0.05) is 15.9 Å². The molecule has 0 aliphatic heterocycles. The first kappa shape index (κ1) is 13.1. The van der Waals surface area contributed by atoms with E-state index in [1.165, 1.54) is 18.5 Å². The molecule has 0 aliphatic carbocycles. The number of hydrogen-bond acceptors (Lipinski definition) is 4. The Hall–Kier alpha value is -2.39. The Morgan fingerprint density at radius 2 is 2.21 bits per heavy atom. The Balaban J connectivity index is 2.32. The molecule has 1 aromatic carbocycles. The van der Waals surface area contributed by atoms with Gasteiger partial charge in [-0.3, -0.25) is 9.78 Å². The zero-order chi connectivity index (χ0) is 13.8. The van der Waals surface area contributed by atoms with Gasteiger partial charge in [-0.05, 0) is 24.3 Å². The predicted octanol–water partition coefficient (Wildman–Crippen LogP) is 2.55. The second-order valence-electron chi connectivity index (χ2n) is 3.72. The van der Waals surface area contributed by atoms with Gasteiger partial charge in [0.2, 0.25) is 0 Å². The van der Waals surface area contributed by atoms with Crippen molar-refractivity contribution in [1.29, 1.82) is 5.26 Å². The van der Waals surface area contributed by atoms with Gasteiger partial charge in [0.1, 0.15) is 6.07 Å². The van der Waals surface area contributed by atoms with E-state index in [1.54, 1.807) is 18.2 Å². The van der Waals surface area contributed by atoms with Crippen LogP contribution in [-0.4, -0.2) is 10.9 Å². The molecule has 0 atom stereocenters. The van der Waals surface area contributed by atoms with E-state index < -0.39 is 0 Å². The van der Waals surface area contributed by atoms with Crippen molar-refractivity contribution in [3.8, 4) is 6.07 Å². The van der Waals surface area contributed by atoms with E-state index in [9.17, 15) is 4.79 Å². The smallest absolute Gasteiger partial charge is 0.257 e. The normalized spacial score (nSPS) is 9.68. The average molecular weight is 317 g/mol. The summed E-state index contributed by atoms with van der Waals surface area (Å²) in [4.78, 5) is 15.9. The van der Waals surface area contributed by atoms with Gasteiger partial charge in [0.25, 0.3) is 5.91 Å². The molecule has 0 unspecified atom stereocenters. The lowest BCUT2D eigenvalue weighted by atomic mass is 10.1. The number of nitriles is 1. The van der Waals surface area contributed by atoms with E-state index in [-0.39, 0.29) is 11.6 Å². The van der Waals surface area contributed by atoms with Crippen molar-refractivity contribution < 1.29 is 4.79 Å². The quantitative estimate of drug-likeness (QED) is 0.890. The van der Waals surface area contributed by atoms with Gasteiger partial charge < -0.3 is 11.1 Å². The zero-order valence-electron chi connectivity index (χ0n) is 9.72. The summed E-state index contributed by atoms with van der Waals surface area (Å²) in [6, 6.07) is 8.55. The van der Waals surface area contributed by atoms with E-state index in [2.05, 4.69) is 26.2 Å². The Morgan fingerprint density at radius 1 is 1.42 bits per heavy atom. The van der Waals surface area contributed by atoms with Crippen molar-refractivity contribution in [3.63, 3.8) is 0 Å². The number of halogens is 1. The number of carbonyl (C=O) groups excluding carboxylic acids is 1. The first-order valence-electron chi connectivity index (χ1n) is 5.32. The summed E-state index contributed by atoms with van der Waals surface area (Å²) in [6.45, 7) is 0. The SMILES string of the molecule is N#Cc1ccc(Br)cc1NC(=O)c1ccncc1N. The fourth-order valence-corrected chi connectivity index (χ4v) is 1.88. The summed E-state index contributed by atoms with van der Waals surface area (Å²) < 4.78 is 0.768. The van der Waals surface area contributed by atoms with Gasteiger partial charge >= 0.3 is 0 Å². The minimum absolute atomic E-state index is 0.286. The number of nitrogens with zero attached hydrogens (tertiary/aromatic N) is 2.